The Bertz CT molecular complexity index is 988. The van der Waals surface area contributed by atoms with E-state index in [0.29, 0.717) is 23.1 Å². The number of amides is 1. The summed E-state index contributed by atoms with van der Waals surface area (Å²) in [4.78, 5) is 23.4. The largest absolute Gasteiger partial charge is 0.324 e. The van der Waals surface area contributed by atoms with Crippen LogP contribution in [0.2, 0.25) is 5.02 Å². The summed E-state index contributed by atoms with van der Waals surface area (Å²) in [6, 6.07) is 13.6. The number of carbonyl (C=O) groups excluding carboxylic acids is 1. The zero-order valence-corrected chi connectivity index (χ0v) is 15.7. The first-order valence-corrected chi connectivity index (χ1v) is 9.25. The van der Waals surface area contributed by atoms with E-state index in [4.69, 9.17) is 11.6 Å². The molecule has 0 unspecified atom stereocenters. The molecular weight excluding hydrogens is 360 g/mol. The number of benzene rings is 2. The molecule has 2 heterocycles. The molecule has 1 N–H and O–H groups in total. The fraction of sp³-hybridized carbons (Fsp3) is 0.190. The maximum absolute atomic E-state index is 12.9. The highest BCUT2D eigenvalue weighted by molar-refractivity contribution is 6.31. The Hall–Kier alpha value is -2.92. The van der Waals surface area contributed by atoms with Gasteiger partial charge in [0.1, 0.15) is 0 Å². The average molecular weight is 379 g/mol. The molecule has 0 aliphatic carbocycles. The smallest absolute Gasteiger partial charge is 0.261 e. The monoisotopic (exact) mass is 378 g/mol. The molecule has 136 valence electrons. The summed E-state index contributed by atoms with van der Waals surface area (Å²) in [5, 5.41) is 3.82. The molecule has 0 atom stereocenters. The second kappa shape index (κ2) is 7.37. The lowest BCUT2D eigenvalue weighted by Gasteiger charge is -2.29. The first-order valence-electron chi connectivity index (χ1n) is 8.87. The SMILES string of the molecule is Cc1c(Cl)cccc1Nc1ncc(C(=O)N2CCCc3ccccc32)cn1. The van der Waals surface area contributed by atoms with Crippen LogP contribution >= 0.6 is 11.6 Å². The number of halogens is 1. The molecule has 0 bridgehead atoms. The molecule has 1 aliphatic heterocycles. The molecule has 1 amide bonds. The van der Waals surface area contributed by atoms with E-state index in [1.54, 1.807) is 12.4 Å². The molecule has 3 aromatic rings. The third kappa shape index (κ3) is 3.51. The molecule has 5 nitrogen and oxygen atoms in total. The number of nitrogens with zero attached hydrogens (tertiary/aromatic N) is 3. The minimum atomic E-state index is -0.0763. The summed E-state index contributed by atoms with van der Waals surface area (Å²) in [5.74, 6) is 0.351. The number of carbonyl (C=O) groups is 1. The predicted octanol–water partition coefficient (Wildman–Crippen LogP) is 4.78. The number of para-hydroxylation sites is 1. The molecular formula is C21H19ClN4O. The Labute approximate surface area is 163 Å². The van der Waals surface area contributed by atoms with Gasteiger partial charge in [0, 0.05) is 35.3 Å². The predicted molar refractivity (Wildman–Crippen MR) is 108 cm³/mol. The normalized spacial score (nSPS) is 13.2. The van der Waals surface area contributed by atoms with Crippen molar-refractivity contribution in [3.05, 3.63) is 76.6 Å². The molecule has 27 heavy (non-hydrogen) atoms. The van der Waals surface area contributed by atoms with Crippen LogP contribution in [0.3, 0.4) is 0 Å². The Morgan fingerprint density at radius 2 is 1.89 bits per heavy atom. The van der Waals surface area contributed by atoms with Crippen LogP contribution in [-0.4, -0.2) is 22.4 Å². The molecule has 0 spiro atoms. The number of fused-ring (bicyclic) bond motifs is 1. The van der Waals surface area contributed by atoms with E-state index < -0.39 is 0 Å². The minimum Gasteiger partial charge on any atom is -0.324 e. The first kappa shape index (κ1) is 17.5. The molecule has 0 radical (unpaired) electrons. The number of aromatic nitrogens is 2. The van der Waals surface area contributed by atoms with E-state index in [1.807, 2.05) is 48.2 Å². The van der Waals surface area contributed by atoms with Crippen LogP contribution in [0.1, 0.15) is 27.9 Å². The van der Waals surface area contributed by atoms with Gasteiger partial charge in [-0.3, -0.25) is 4.79 Å². The van der Waals surface area contributed by atoms with Gasteiger partial charge in [0.05, 0.1) is 5.56 Å². The third-order valence-corrected chi connectivity index (χ3v) is 5.18. The molecule has 6 heteroatoms. The van der Waals surface area contributed by atoms with Gasteiger partial charge in [-0.1, -0.05) is 35.9 Å². The number of nitrogens with one attached hydrogen (secondary N) is 1. The van der Waals surface area contributed by atoms with Crippen molar-refractivity contribution in [1.82, 2.24) is 9.97 Å². The average Bonchev–Trinajstić information content (AvgIpc) is 2.71. The van der Waals surface area contributed by atoms with E-state index in [0.717, 1.165) is 29.8 Å². The quantitative estimate of drug-likeness (QED) is 0.712. The highest BCUT2D eigenvalue weighted by Crippen LogP contribution is 2.28. The summed E-state index contributed by atoms with van der Waals surface area (Å²) in [5.41, 5.74) is 4.41. The van der Waals surface area contributed by atoms with Crippen LogP contribution in [-0.2, 0) is 6.42 Å². The summed E-state index contributed by atoms with van der Waals surface area (Å²) in [7, 11) is 0. The molecule has 0 saturated carbocycles. The lowest BCUT2D eigenvalue weighted by molar-refractivity contribution is 0.0984. The van der Waals surface area contributed by atoms with Crippen LogP contribution in [0.25, 0.3) is 0 Å². The standard InChI is InChI=1S/C21H19ClN4O/c1-14-17(22)8-4-9-18(14)25-21-23-12-16(13-24-21)20(27)26-11-5-7-15-6-2-3-10-19(15)26/h2-4,6,8-10,12-13H,5,7,11H2,1H3,(H,23,24,25). The molecule has 1 aromatic heterocycles. The van der Waals surface area contributed by atoms with Crippen molar-refractivity contribution in [1.29, 1.82) is 0 Å². The van der Waals surface area contributed by atoms with Gasteiger partial charge >= 0.3 is 0 Å². The zero-order valence-electron chi connectivity index (χ0n) is 14.9. The van der Waals surface area contributed by atoms with Gasteiger partial charge in [-0.2, -0.15) is 0 Å². The van der Waals surface area contributed by atoms with E-state index >= 15 is 0 Å². The van der Waals surface area contributed by atoms with Gasteiger partial charge in [-0.05, 0) is 49.1 Å². The first-order chi connectivity index (χ1) is 13.1. The lowest BCUT2D eigenvalue weighted by Crippen LogP contribution is -2.35. The number of hydrogen-bond acceptors (Lipinski definition) is 4. The fourth-order valence-corrected chi connectivity index (χ4v) is 3.44. The van der Waals surface area contributed by atoms with Crippen LogP contribution in [0.5, 0.6) is 0 Å². The lowest BCUT2D eigenvalue weighted by atomic mass is 10.0. The van der Waals surface area contributed by atoms with Gasteiger partial charge in [-0.25, -0.2) is 9.97 Å². The van der Waals surface area contributed by atoms with Gasteiger partial charge in [0.2, 0.25) is 5.95 Å². The van der Waals surface area contributed by atoms with Crippen molar-refractivity contribution in [2.24, 2.45) is 0 Å². The number of anilines is 3. The van der Waals surface area contributed by atoms with E-state index in [9.17, 15) is 4.79 Å². The number of rotatable bonds is 3. The van der Waals surface area contributed by atoms with Crippen molar-refractivity contribution in [3.8, 4) is 0 Å². The van der Waals surface area contributed by atoms with Crippen molar-refractivity contribution in [2.45, 2.75) is 19.8 Å². The second-order valence-electron chi connectivity index (χ2n) is 6.52. The number of hydrogen-bond donors (Lipinski definition) is 1. The summed E-state index contributed by atoms with van der Waals surface area (Å²) >= 11 is 6.14. The molecule has 1 aliphatic rings. The van der Waals surface area contributed by atoms with Crippen molar-refractivity contribution in [3.63, 3.8) is 0 Å². The van der Waals surface area contributed by atoms with Crippen LogP contribution in [0.4, 0.5) is 17.3 Å². The van der Waals surface area contributed by atoms with E-state index in [2.05, 4.69) is 21.4 Å². The second-order valence-corrected chi connectivity index (χ2v) is 6.93. The fourth-order valence-electron chi connectivity index (χ4n) is 3.27. The summed E-state index contributed by atoms with van der Waals surface area (Å²) < 4.78 is 0. The maximum Gasteiger partial charge on any atom is 0.261 e. The van der Waals surface area contributed by atoms with Crippen molar-refractivity contribution in [2.75, 3.05) is 16.8 Å². The van der Waals surface area contributed by atoms with Crippen LogP contribution in [0, 0.1) is 6.92 Å². The van der Waals surface area contributed by atoms with Crippen LogP contribution in [0.15, 0.2) is 54.9 Å². The minimum absolute atomic E-state index is 0.0763. The van der Waals surface area contributed by atoms with E-state index in [-0.39, 0.29) is 5.91 Å². The highest BCUT2D eigenvalue weighted by Gasteiger charge is 2.23. The van der Waals surface area contributed by atoms with Crippen LogP contribution < -0.4 is 10.2 Å². The summed E-state index contributed by atoms with van der Waals surface area (Å²) in [6.07, 6.45) is 5.08. The Kier molecular flexibility index (Phi) is 4.77. The molecule has 0 saturated heterocycles. The van der Waals surface area contributed by atoms with Gasteiger partial charge in [0.15, 0.2) is 0 Å². The maximum atomic E-state index is 12.9. The van der Waals surface area contributed by atoms with Crippen molar-refractivity contribution < 1.29 is 4.79 Å². The molecule has 4 rings (SSSR count). The topological polar surface area (TPSA) is 58.1 Å². The van der Waals surface area contributed by atoms with Gasteiger partial charge < -0.3 is 10.2 Å². The highest BCUT2D eigenvalue weighted by atomic mass is 35.5. The van der Waals surface area contributed by atoms with Gasteiger partial charge in [-0.15, -0.1) is 0 Å². The molecule has 2 aromatic carbocycles. The summed E-state index contributed by atoms with van der Waals surface area (Å²) in [6.45, 7) is 2.63. The number of aryl methyl sites for hydroxylation is 1. The Morgan fingerprint density at radius 3 is 2.70 bits per heavy atom. The van der Waals surface area contributed by atoms with E-state index in [1.165, 1.54) is 5.56 Å². The van der Waals surface area contributed by atoms with Gasteiger partial charge in [0.25, 0.3) is 5.91 Å². The zero-order chi connectivity index (χ0) is 18.8. The molecule has 0 fully saturated rings. The van der Waals surface area contributed by atoms with Crippen molar-refractivity contribution >= 4 is 34.8 Å². The Balaban J connectivity index is 1.54. The third-order valence-electron chi connectivity index (χ3n) is 4.77. The Morgan fingerprint density at radius 1 is 1.11 bits per heavy atom.